The molecule has 0 aliphatic carbocycles. The zero-order valence-corrected chi connectivity index (χ0v) is 23.4. The third-order valence-electron chi connectivity index (χ3n) is 6.85. The summed E-state index contributed by atoms with van der Waals surface area (Å²) in [5, 5.41) is 9.38. The highest BCUT2D eigenvalue weighted by Gasteiger charge is 2.32. The molecule has 1 heterocycles. The Morgan fingerprint density at radius 2 is 1.62 bits per heavy atom. The van der Waals surface area contributed by atoms with E-state index in [1.165, 1.54) is 24.3 Å². The van der Waals surface area contributed by atoms with Crippen LogP contribution in [0.4, 0.5) is 13.2 Å². The van der Waals surface area contributed by atoms with Crippen LogP contribution in [-0.4, -0.2) is 29.2 Å². The molecule has 0 unspecified atom stereocenters. The molecule has 3 aromatic carbocycles. The minimum atomic E-state index is -4.58. The summed E-state index contributed by atoms with van der Waals surface area (Å²) < 4.78 is 69.0. The van der Waals surface area contributed by atoms with Crippen molar-refractivity contribution < 1.29 is 31.5 Å². The van der Waals surface area contributed by atoms with Crippen molar-refractivity contribution in [3.8, 4) is 0 Å². The number of halogens is 3. The van der Waals surface area contributed by atoms with E-state index in [2.05, 4.69) is 20.8 Å². The first-order chi connectivity index (χ1) is 18.6. The average molecular weight is 570 g/mol. The van der Waals surface area contributed by atoms with Gasteiger partial charge in [0.15, 0.2) is 0 Å². The second-order valence-corrected chi connectivity index (χ2v) is 12.7. The first-order valence-corrected chi connectivity index (χ1v) is 14.2. The number of nitrogens with zero attached hydrogens (tertiary/aromatic N) is 1. The molecule has 210 valence electrons. The molecule has 1 aromatic heterocycles. The Kier molecular flexibility index (Phi) is 7.73. The number of carboxylic acid groups (broad SMARTS) is 1. The van der Waals surface area contributed by atoms with Gasteiger partial charge in [-0.1, -0.05) is 69.3 Å². The van der Waals surface area contributed by atoms with Crippen molar-refractivity contribution in [3.63, 3.8) is 0 Å². The third kappa shape index (κ3) is 6.14. The molecule has 0 saturated carbocycles. The molecule has 0 bridgehead atoms. The van der Waals surface area contributed by atoms with Crippen molar-refractivity contribution in [1.82, 2.24) is 3.97 Å². The number of fused-ring (bicyclic) bond motifs is 1. The lowest BCUT2D eigenvalue weighted by atomic mass is 9.86. The molecule has 4 rings (SSSR count). The number of aromatic nitrogens is 1. The van der Waals surface area contributed by atoms with E-state index < -0.39 is 27.7 Å². The van der Waals surface area contributed by atoms with Crippen molar-refractivity contribution in [2.75, 3.05) is 5.75 Å². The predicted octanol–water partition coefficient (Wildman–Crippen LogP) is 7.45. The van der Waals surface area contributed by atoms with Crippen molar-refractivity contribution in [2.45, 2.75) is 45.7 Å². The van der Waals surface area contributed by atoms with E-state index in [-0.39, 0.29) is 34.1 Å². The average Bonchev–Trinajstić information content (AvgIpc) is 3.15. The first kappa shape index (κ1) is 29.1. The Bertz CT molecular complexity index is 1710. The summed E-state index contributed by atoms with van der Waals surface area (Å²) in [4.78, 5) is 11.2. The first-order valence-electron chi connectivity index (χ1n) is 12.6. The van der Waals surface area contributed by atoms with Gasteiger partial charge in [0.05, 0.1) is 22.4 Å². The fraction of sp³-hybridized carbons (Fsp3) is 0.258. The molecule has 1 N–H and O–H groups in total. The Morgan fingerprint density at radius 3 is 2.23 bits per heavy atom. The molecule has 9 heteroatoms. The summed E-state index contributed by atoms with van der Waals surface area (Å²) in [7, 11) is -4.04. The van der Waals surface area contributed by atoms with Crippen LogP contribution in [0.25, 0.3) is 17.0 Å². The van der Waals surface area contributed by atoms with Gasteiger partial charge in [-0.15, -0.1) is 0 Å². The summed E-state index contributed by atoms with van der Waals surface area (Å²) in [6.45, 7) is 7.85. The maximum atomic E-state index is 13.7. The van der Waals surface area contributed by atoms with E-state index in [1.807, 2.05) is 24.3 Å². The molecule has 40 heavy (non-hydrogen) atoms. The van der Waals surface area contributed by atoms with E-state index >= 15 is 0 Å². The Morgan fingerprint density at radius 1 is 0.950 bits per heavy atom. The van der Waals surface area contributed by atoms with Gasteiger partial charge in [0.1, 0.15) is 0 Å². The van der Waals surface area contributed by atoms with E-state index in [9.17, 15) is 31.5 Å². The number of aryl methyl sites for hydroxylation is 1. The van der Waals surface area contributed by atoms with Crippen LogP contribution in [0, 0.1) is 6.92 Å². The Labute approximate surface area is 231 Å². The Balaban J connectivity index is 1.78. The van der Waals surface area contributed by atoms with Gasteiger partial charge in [0.2, 0.25) is 10.0 Å². The van der Waals surface area contributed by atoms with Crippen molar-refractivity contribution in [2.24, 2.45) is 0 Å². The molecule has 0 aliphatic rings. The summed E-state index contributed by atoms with van der Waals surface area (Å²) in [5.74, 6) is -1.47. The van der Waals surface area contributed by atoms with E-state index in [4.69, 9.17) is 0 Å². The number of carbonyl (C=O) groups is 1. The standard InChI is InChI=1S/C31H30F3NO4S/c1-20-26-19-25(31(32,33)34)14-15-27(26)35(28(20)18-22-10-12-23(13-11-22)29(36)37)40(38,39)16-6-8-21-7-5-9-24(17-21)30(2,3)4/h5-15,17,19H,16,18H2,1-4H3,(H,36,37). The van der Waals surface area contributed by atoms with E-state index in [0.29, 0.717) is 16.8 Å². The van der Waals surface area contributed by atoms with Gasteiger partial charge in [0.25, 0.3) is 0 Å². The van der Waals surface area contributed by atoms with Crippen LogP contribution in [-0.2, 0) is 28.0 Å². The molecule has 0 radical (unpaired) electrons. The molecule has 0 spiro atoms. The van der Waals surface area contributed by atoms with Gasteiger partial charge < -0.3 is 5.11 Å². The van der Waals surface area contributed by atoms with Crippen LogP contribution in [0.3, 0.4) is 0 Å². The third-order valence-corrected chi connectivity index (χ3v) is 8.43. The van der Waals surface area contributed by atoms with Crippen LogP contribution in [0.2, 0.25) is 0 Å². The van der Waals surface area contributed by atoms with Crippen LogP contribution in [0.15, 0.2) is 72.8 Å². The SMILES string of the molecule is Cc1c(Cc2ccc(C(=O)O)cc2)n(S(=O)(=O)CC=Cc2cccc(C(C)(C)C)c2)c2ccc(C(F)(F)F)cc12. The van der Waals surface area contributed by atoms with E-state index in [0.717, 1.165) is 27.2 Å². The molecule has 5 nitrogen and oxygen atoms in total. The molecule has 0 saturated heterocycles. The summed E-state index contributed by atoms with van der Waals surface area (Å²) >= 11 is 0. The Hall–Kier alpha value is -3.85. The molecule has 0 amide bonds. The van der Waals surface area contributed by atoms with Crippen LogP contribution in [0.5, 0.6) is 0 Å². The van der Waals surface area contributed by atoms with Gasteiger partial charge in [-0.05, 0) is 64.9 Å². The molecule has 0 fully saturated rings. The molecule has 4 aromatic rings. The summed E-state index contributed by atoms with van der Waals surface area (Å²) in [6.07, 6.45) is -1.25. The quantitative estimate of drug-likeness (QED) is 0.251. The predicted molar refractivity (Wildman–Crippen MR) is 151 cm³/mol. The molecule has 0 atom stereocenters. The lowest BCUT2D eigenvalue weighted by Gasteiger charge is -2.19. The monoisotopic (exact) mass is 569 g/mol. The molecular formula is C31H30F3NO4S. The normalized spacial score (nSPS) is 12.9. The number of rotatable bonds is 7. The second-order valence-electron chi connectivity index (χ2n) is 10.8. The summed E-state index contributed by atoms with van der Waals surface area (Å²) in [5.41, 5.74) is 2.58. The van der Waals surface area contributed by atoms with Crippen molar-refractivity contribution in [1.29, 1.82) is 0 Å². The number of alkyl halides is 3. The van der Waals surface area contributed by atoms with Gasteiger partial charge >= 0.3 is 12.1 Å². The highest BCUT2D eigenvalue weighted by atomic mass is 32.2. The fourth-order valence-corrected chi connectivity index (χ4v) is 6.10. The minimum Gasteiger partial charge on any atom is -0.478 e. The van der Waals surface area contributed by atoms with Crippen molar-refractivity contribution in [3.05, 3.63) is 112 Å². The zero-order valence-electron chi connectivity index (χ0n) is 22.6. The maximum Gasteiger partial charge on any atom is 0.416 e. The van der Waals surface area contributed by atoms with Crippen molar-refractivity contribution >= 4 is 33.0 Å². The fourth-order valence-electron chi connectivity index (χ4n) is 4.61. The topological polar surface area (TPSA) is 76.4 Å². The number of hydrogen-bond donors (Lipinski definition) is 1. The smallest absolute Gasteiger partial charge is 0.416 e. The number of benzene rings is 3. The molecule has 0 aliphatic heterocycles. The zero-order chi connectivity index (χ0) is 29.5. The second kappa shape index (κ2) is 10.6. The lowest BCUT2D eigenvalue weighted by Crippen LogP contribution is -2.18. The highest BCUT2D eigenvalue weighted by molar-refractivity contribution is 7.90. The van der Waals surface area contributed by atoms with Crippen LogP contribution < -0.4 is 0 Å². The summed E-state index contributed by atoms with van der Waals surface area (Å²) in [6, 6.07) is 16.8. The van der Waals surface area contributed by atoms with Crippen LogP contribution >= 0.6 is 0 Å². The number of carboxylic acids is 1. The van der Waals surface area contributed by atoms with E-state index in [1.54, 1.807) is 25.1 Å². The maximum absolute atomic E-state index is 13.7. The van der Waals surface area contributed by atoms with Gasteiger partial charge in [-0.3, -0.25) is 0 Å². The number of aromatic carboxylic acids is 1. The number of hydrogen-bond acceptors (Lipinski definition) is 3. The van der Waals surface area contributed by atoms with Gasteiger partial charge in [0, 0.05) is 17.5 Å². The lowest BCUT2D eigenvalue weighted by molar-refractivity contribution is -0.137. The van der Waals surface area contributed by atoms with Gasteiger partial charge in [-0.2, -0.15) is 13.2 Å². The highest BCUT2D eigenvalue weighted by Crippen LogP contribution is 2.36. The van der Waals surface area contributed by atoms with Crippen LogP contribution in [0.1, 0.15) is 64.6 Å². The molecular weight excluding hydrogens is 539 g/mol. The largest absolute Gasteiger partial charge is 0.478 e. The van der Waals surface area contributed by atoms with Gasteiger partial charge in [-0.25, -0.2) is 17.2 Å². The minimum absolute atomic E-state index is 0.0733.